The normalized spacial score (nSPS) is 12.5. The van der Waals surface area contributed by atoms with Crippen LogP contribution in [-0.4, -0.2) is 66.9 Å². The van der Waals surface area contributed by atoms with E-state index in [-0.39, 0.29) is 12.7 Å². The average molecular weight is 647 g/mol. The fourth-order valence-corrected chi connectivity index (χ4v) is 11.8. The van der Waals surface area contributed by atoms with E-state index in [0.29, 0.717) is 53.3 Å². The van der Waals surface area contributed by atoms with Gasteiger partial charge in [0.2, 0.25) is 0 Å². The molecule has 3 rings (SSSR count). The van der Waals surface area contributed by atoms with Gasteiger partial charge >= 0.3 is 0 Å². The molecule has 0 aromatic heterocycles. The third-order valence-electron chi connectivity index (χ3n) is 8.47. The van der Waals surface area contributed by atoms with Gasteiger partial charge in [-0.15, -0.1) is 0 Å². The molecule has 250 valence electrons. The number of nitrogens with one attached hydrogen (secondary N) is 1. The first-order chi connectivity index (χ1) is 22.0. The van der Waals surface area contributed by atoms with Gasteiger partial charge in [0.25, 0.3) is 5.91 Å². The van der Waals surface area contributed by atoms with Crippen LogP contribution in [0.2, 0.25) is 16.6 Å². The quantitative estimate of drug-likeness (QED) is 0.0645. The highest BCUT2D eigenvalue weighted by Gasteiger charge is 2.45. The number of ether oxygens (including phenoxy) is 3. The van der Waals surface area contributed by atoms with Gasteiger partial charge in [-0.1, -0.05) is 84.0 Å². The van der Waals surface area contributed by atoms with Crippen LogP contribution in [0.5, 0.6) is 11.5 Å². The number of methoxy groups -OCH3 is 1. The second-order valence-electron chi connectivity index (χ2n) is 12.8. The molecule has 46 heavy (non-hydrogen) atoms. The van der Waals surface area contributed by atoms with Crippen molar-refractivity contribution in [2.75, 3.05) is 53.1 Å². The number of carbonyl (C=O) groups excluding carboxylic acids is 1. The summed E-state index contributed by atoms with van der Waals surface area (Å²) < 4.78 is 23.6. The molecule has 0 radical (unpaired) electrons. The summed E-state index contributed by atoms with van der Waals surface area (Å²) in [5, 5.41) is 3.16. The molecule has 0 unspecified atom stereocenters. The van der Waals surface area contributed by atoms with Gasteiger partial charge in [-0.2, -0.15) is 0 Å². The van der Waals surface area contributed by atoms with Crippen molar-refractivity contribution in [1.82, 2.24) is 4.90 Å². The van der Waals surface area contributed by atoms with E-state index in [1.54, 1.807) is 7.11 Å². The summed E-state index contributed by atoms with van der Waals surface area (Å²) in [7, 11) is 3.51. The van der Waals surface area contributed by atoms with Gasteiger partial charge in [0.05, 0.1) is 5.57 Å². The van der Waals surface area contributed by atoms with Crippen molar-refractivity contribution in [2.24, 2.45) is 0 Å². The Bertz CT molecular complexity index is 1350. The van der Waals surface area contributed by atoms with Gasteiger partial charge in [-0.3, -0.25) is 4.79 Å². The van der Waals surface area contributed by atoms with E-state index in [0.717, 1.165) is 29.0 Å². The molecule has 7 nitrogen and oxygen atoms in total. The van der Waals surface area contributed by atoms with Crippen LogP contribution in [0.25, 0.3) is 11.1 Å². The lowest BCUT2D eigenvalue weighted by Gasteiger charge is -2.42. The number of carbonyl (C=O) groups is 1. The zero-order chi connectivity index (χ0) is 33.7. The van der Waals surface area contributed by atoms with E-state index in [2.05, 4.69) is 63.9 Å². The van der Waals surface area contributed by atoms with E-state index in [9.17, 15) is 4.79 Å². The number of amides is 1. The Balaban J connectivity index is 2.03. The van der Waals surface area contributed by atoms with E-state index >= 15 is 0 Å². The minimum Gasteiger partial charge on any atom is -0.492 e. The van der Waals surface area contributed by atoms with Crippen LogP contribution in [0, 0.1) is 0 Å². The van der Waals surface area contributed by atoms with Crippen molar-refractivity contribution in [2.45, 2.75) is 64.6 Å². The first-order valence-electron chi connectivity index (χ1n) is 16.3. The average Bonchev–Trinajstić information content (AvgIpc) is 3.02. The highest BCUT2D eigenvalue weighted by atomic mass is 28.4. The first kappa shape index (κ1) is 37.0. The largest absolute Gasteiger partial charge is 0.492 e. The molecular formula is C38H54N2O5Si. The summed E-state index contributed by atoms with van der Waals surface area (Å²) in [6, 6.07) is 25.3. The molecule has 8 heteroatoms. The molecule has 0 saturated carbocycles. The summed E-state index contributed by atoms with van der Waals surface area (Å²) in [6.45, 7) is 15.9. The minimum atomic E-state index is -2.11. The number of likely N-dealkylation sites (N-methyl/N-ethyl adjacent to an activating group) is 1. The Morgan fingerprint density at radius 3 is 1.85 bits per heavy atom. The molecule has 0 spiro atoms. The third kappa shape index (κ3) is 10.0. The maximum absolute atomic E-state index is 14.3. The summed E-state index contributed by atoms with van der Waals surface area (Å²) in [5.41, 5.74) is 5.42. The molecular weight excluding hydrogens is 593 g/mol. The van der Waals surface area contributed by atoms with E-state index in [1.807, 2.05) is 80.8 Å². The monoisotopic (exact) mass is 646 g/mol. The van der Waals surface area contributed by atoms with Crippen molar-refractivity contribution in [1.29, 1.82) is 0 Å². The smallest absolute Gasteiger partial charge is 0.256 e. The van der Waals surface area contributed by atoms with Crippen LogP contribution < -0.4 is 14.8 Å². The molecule has 0 aliphatic rings. The number of nitrogens with zero attached hydrogens (tertiary/aromatic N) is 1. The third-order valence-corrected chi connectivity index (χ3v) is 14.6. The molecule has 0 aliphatic heterocycles. The number of hydrogen-bond donors (Lipinski definition) is 1. The van der Waals surface area contributed by atoms with Gasteiger partial charge < -0.3 is 28.9 Å². The minimum absolute atomic E-state index is 0.150. The zero-order valence-corrected chi connectivity index (χ0v) is 30.3. The molecule has 0 bridgehead atoms. The van der Waals surface area contributed by atoms with Crippen molar-refractivity contribution in [3.63, 3.8) is 0 Å². The van der Waals surface area contributed by atoms with Crippen LogP contribution in [0.3, 0.4) is 0 Å². The summed E-state index contributed by atoms with van der Waals surface area (Å²) in [6.07, 6.45) is 0.592. The Hall–Kier alpha value is -3.43. The lowest BCUT2D eigenvalue weighted by atomic mass is 9.92. The van der Waals surface area contributed by atoms with Crippen molar-refractivity contribution in [3.05, 3.63) is 90.0 Å². The number of hydrogen-bond acceptors (Lipinski definition) is 6. The zero-order valence-electron chi connectivity index (χ0n) is 29.3. The Kier molecular flexibility index (Phi) is 14.5. The van der Waals surface area contributed by atoms with Gasteiger partial charge in [0.1, 0.15) is 18.1 Å². The molecule has 1 amide bonds. The molecule has 0 aliphatic carbocycles. The number of anilines is 1. The van der Waals surface area contributed by atoms with Crippen molar-refractivity contribution in [3.8, 4) is 11.5 Å². The van der Waals surface area contributed by atoms with E-state index in [4.69, 9.17) is 18.6 Å². The van der Waals surface area contributed by atoms with E-state index in [1.165, 1.54) is 0 Å². The van der Waals surface area contributed by atoms with E-state index < -0.39 is 8.32 Å². The fraction of sp³-hybridized carbons (Fsp3) is 0.447. The standard InChI is InChI=1S/C38H54N2O5Si/c1-28(2)46(29(3)4,30(5)6)45-25-23-36(31-13-11-10-12-14-31)37(32-15-19-35(20-16-32)44-27-42-9)38(41)39-33-17-21-34(22-18-33)43-26-24-40(7)8/h10-22,28-30H,23-27H2,1-9H3,(H,39,41). The lowest BCUT2D eigenvalue weighted by Crippen LogP contribution is -2.48. The first-order valence-corrected chi connectivity index (χ1v) is 18.5. The Morgan fingerprint density at radius 2 is 1.30 bits per heavy atom. The SMILES string of the molecule is COCOc1ccc(C(C(=O)Nc2ccc(OCCN(C)C)cc2)=C(CCO[Si](C(C)C)(C(C)C)C(C)C)c2ccccc2)cc1. The molecule has 0 heterocycles. The fourth-order valence-electron chi connectivity index (χ4n) is 6.34. The van der Waals surface area contributed by atoms with Gasteiger partial charge in [-0.05, 0) is 90.2 Å². The summed E-state index contributed by atoms with van der Waals surface area (Å²) in [5.74, 6) is 1.24. The molecule has 1 N–H and O–H groups in total. The second kappa shape index (κ2) is 18.0. The second-order valence-corrected chi connectivity index (χ2v) is 18.3. The maximum atomic E-state index is 14.3. The van der Waals surface area contributed by atoms with Gasteiger partial charge in [0, 0.05) is 25.9 Å². The predicted octanol–water partition coefficient (Wildman–Crippen LogP) is 8.74. The maximum Gasteiger partial charge on any atom is 0.256 e. The van der Waals surface area contributed by atoms with Gasteiger partial charge in [-0.25, -0.2) is 0 Å². The van der Waals surface area contributed by atoms with Crippen LogP contribution >= 0.6 is 0 Å². The molecule has 0 atom stereocenters. The molecule has 0 saturated heterocycles. The number of benzene rings is 3. The van der Waals surface area contributed by atoms with Crippen LogP contribution in [-0.2, 0) is 14.0 Å². The molecule has 3 aromatic carbocycles. The van der Waals surface area contributed by atoms with Crippen LogP contribution in [0.1, 0.15) is 59.1 Å². The topological polar surface area (TPSA) is 69.3 Å². The Morgan fingerprint density at radius 1 is 0.739 bits per heavy atom. The number of rotatable bonds is 18. The predicted molar refractivity (Wildman–Crippen MR) is 193 cm³/mol. The van der Waals surface area contributed by atoms with Crippen molar-refractivity contribution >= 4 is 31.1 Å². The van der Waals surface area contributed by atoms with Crippen molar-refractivity contribution < 1.29 is 23.4 Å². The van der Waals surface area contributed by atoms with Crippen LogP contribution in [0.15, 0.2) is 78.9 Å². The summed E-state index contributed by atoms with van der Waals surface area (Å²) >= 11 is 0. The Labute approximate surface area is 278 Å². The van der Waals surface area contributed by atoms with Crippen LogP contribution in [0.4, 0.5) is 5.69 Å². The molecule has 0 fully saturated rings. The highest BCUT2D eigenvalue weighted by molar-refractivity contribution is 6.77. The lowest BCUT2D eigenvalue weighted by molar-refractivity contribution is -0.111. The molecule has 3 aromatic rings. The summed E-state index contributed by atoms with van der Waals surface area (Å²) in [4.78, 5) is 16.4. The highest BCUT2D eigenvalue weighted by Crippen LogP contribution is 2.43. The van der Waals surface area contributed by atoms with Gasteiger partial charge in [0.15, 0.2) is 15.1 Å².